The molecule has 0 bridgehead atoms. The fourth-order valence-electron chi connectivity index (χ4n) is 3.45. The summed E-state index contributed by atoms with van der Waals surface area (Å²) in [7, 11) is -0.944. The van der Waals surface area contributed by atoms with Gasteiger partial charge in [0.25, 0.3) is 5.56 Å². The summed E-state index contributed by atoms with van der Waals surface area (Å²) >= 11 is 5.85. The van der Waals surface area contributed by atoms with Crippen molar-refractivity contribution in [1.29, 1.82) is 0 Å². The number of para-hydroxylation sites is 1. The number of ether oxygens (including phenoxy) is 1. The van der Waals surface area contributed by atoms with E-state index in [1.807, 2.05) is 30.3 Å². The molecule has 0 unspecified atom stereocenters. The van der Waals surface area contributed by atoms with Gasteiger partial charge in [0.05, 0.1) is 18.5 Å². The van der Waals surface area contributed by atoms with Crippen molar-refractivity contribution in [2.45, 2.75) is 11.8 Å². The van der Waals surface area contributed by atoms with Crippen molar-refractivity contribution in [2.24, 2.45) is 12.0 Å². The molecule has 0 aliphatic rings. The van der Waals surface area contributed by atoms with Gasteiger partial charge in [-0.05, 0) is 67.1 Å². The van der Waals surface area contributed by atoms with E-state index in [-0.39, 0.29) is 27.6 Å². The fourth-order valence-corrected chi connectivity index (χ4v) is 4.51. The summed E-state index contributed by atoms with van der Waals surface area (Å²) < 4.78 is 39.3. The van der Waals surface area contributed by atoms with Crippen LogP contribution in [0.15, 0.2) is 87.5 Å². The van der Waals surface area contributed by atoms with Crippen LogP contribution in [0.3, 0.4) is 0 Å². The lowest BCUT2D eigenvalue weighted by Gasteiger charge is -2.11. The van der Waals surface area contributed by atoms with Gasteiger partial charge in [-0.2, -0.15) is 8.42 Å². The molecule has 0 atom stereocenters. The van der Waals surface area contributed by atoms with Crippen molar-refractivity contribution >= 4 is 33.6 Å². The molecule has 1 heterocycles. The molecule has 0 N–H and O–H groups in total. The van der Waals surface area contributed by atoms with Crippen LogP contribution in [0.1, 0.15) is 11.3 Å². The standard InChI is InChI=1S/C25H22ClN3O5S/c1-17-24(25(30)29(28(17)2)20-7-5-4-6-8-20)27-16-18-9-14-22(33-3)23(15-18)34-35(31,32)21-12-10-19(26)11-13-21/h4-16H,1-3H3. The molecule has 0 radical (unpaired) electrons. The number of halogens is 1. The highest BCUT2D eigenvalue weighted by molar-refractivity contribution is 7.87. The largest absolute Gasteiger partial charge is 0.493 e. The van der Waals surface area contributed by atoms with Crippen LogP contribution in [0.25, 0.3) is 5.69 Å². The molecule has 0 aliphatic carbocycles. The van der Waals surface area contributed by atoms with Crippen molar-refractivity contribution in [3.05, 3.63) is 99.4 Å². The van der Waals surface area contributed by atoms with Crippen molar-refractivity contribution < 1.29 is 17.3 Å². The Balaban J connectivity index is 1.68. The van der Waals surface area contributed by atoms with Crippen LogP contribution in [0.2, 0.25) is 5.02 Å². The first-order valence-electron chi connectivity index (χ1n) is 10.5. The Bertz CT molecular complexity index is 1560. The van der Waals surface area contributed by atoms with Crippen LogP contribution in [-0.2, 0) is 17.2 Å². The van der Waals surface area contributed by atoms with Gasteiger partial charge in [0, 0.05) is 18.3 Å². The predicted octanol–water partition coefficient (Wildman–Crippen LogP) is 4.66. The van der Waals surface area contributed by atoms with Crippen molar-refractivity contribution in [3.8, 4) is 17.2 Å². The van der Waals surface area contributed by atoms with Crippen molar-refractivity contribution in [3.63, 3.8) is 0 Å². The Morgan fingerprint density at radius 3 is 2.31 bits per heavy atom. The third-order valence-electron chi connectivity index (χ3n) is 5.36. The zero-order valence-electron chi connectivity index (χ0n) is 19.2. The van der Waals surface area contributed by atoms with Crippen LogP contribution >= 0.6 is 11.6 Å². The van der Waals surface area contributed by atoms with Gasteiger partial charge in [-0.3, -0.25) is 9.48 Å². The molecule has 8 nitrogen and oxygen atoms in total. The maximum Gasteiger partial charge on any atom is 0.339 e. The molecule has 0 fully saturated rings. The topological polar surface area (TPSA) is 91.9 Å². The molecule has 0 saturated carbocycles. The number of nitrogens with zero attached hydrogens (tertiary/aromatic N) is 3. The minimum atomic E-state index is -4.13. The third-order valence-corrected chi connectivity index (χ3v) is 6.86. The molecule has 0 spiro atoms. The second-order valence-electron chi connectivity index (χ2n) is 7.57. The van der Waals surface area contributed by atoms with E-state index in [9.17, 15) is 13.2 Å². The average Bonchev–Trinajstić information content (AvgIpc) is 3.06. The summed E-state index contributed by atoms with van der Waals surface area (Å²) in [5.74, 6) is 0.208. The number of methoxy groups -OCH3 is 1. The molecular formula is C25H22ClN3O5S. The lowest BCUT2D eigenvalue weighted by atomic mass is 10.2. The number of hydrogen-bond acceptors (Lipinski definition) is 6. The molecule has 180 valence electrons. The Labute approximate surface area is 207 Å². The highest BCUT2D eigenvalue weighted by Gasteiger charge is 2.20. The maximum absolute atomic E-state index is 13.1. The van der Waals surface area contributed by atoms with Crippen molar-refractivity contribution in [1.82, 2.24) is 9.36 Å². The van der Waals surface area contributed by atoms with Gasteiger partial charge < -0.3 is 8.92 Å². The SMILES string of the molecule is COc1ccc(C=Nc2c(C)n(C)n(-c3ccccc3)c2=O)cc1OS(=O)(=O)c1ccc(Cl)cc1. The number of aromatic nitrogens is 2. The van der Waals surface area contributed by atoms with Crippen LogP contribution in [-0.4, -0.2) is 31.1 Å². The van der Waals surface area contributed by atoms with E-state index in [4.69, 9.17) is 20.5 Å². The van der Waals surface area contributed by atoms with Gasteiger partial charge in [0.15, 0.2) is 17.2 Å². The minimum Gasteiger partial charge on any atom is -0.493 e. The molecular weight excluding hydrogens is 490 g/mol. The first-order chi connectivity index (χ1) is 16.7. The van der Waals surface area contributed by atoms with Crippen LogP contribution in [0.5, 0.6) is 11.5 Å². The molecule has 4 aromatic rings. The first kappa shape index (κ1) is 24.3. The number of hydrogen-bond donors (Lipinski definition) is 0. The van der Waals surface area contributed by atoms with E-state index in [0.29, 0.717) is 16.3 Å². The zero-order valence-corrected chi connectivity index (χ0v) is 20.7. The summed E-state index contributed by atoms with van der Waals surface area (Å²) in [4.78, 5) is 17.4. The Morgan fingerprint density at radius 2 is 1.66 bits per heavy atom. The first-order valence-corrected chi connectivity index (χ1v) is 12.3. The van der Waals surface area contributed by atoms with Gasteiger partial charge in [-0.1, -0.05) is 29.8 Å². The Morgan fingerprint density at radius 1 is 0.971 bits per heavy atom. The monoisotopic (exact) mass is 511 g/mol. The molecule has 4 rings (SSSR count). The Hall–Kier alpha value is -3.82. The fraction of sp³-hybridized carbons (Fsp3) is 0.120. The summed E-state index contributed by atoms with van der Waals surface area (Å²) in [5, 5.41) is 0.405. The highest BCUT2D eigenvalue weighted by atomic mass is 35.5. The smallest absolute Gasteiger partial charge is 0.339 e. The van der Waals surface area contributed by atoms with Crippen LogP contribution < -0.4 is 14.5 Å². The van der Waals surface area contributed by atoms with Crippen molar-refractivity contribution in [2.75, 3.05) is 7.11 Å². The summed E-state index contributed by atoms with van der Waals surface area (Å²) in [6, 6.07) is 19.6. The highest BCUT2D eigenvalue weighted by Crippen LogP contribution is 2.31. The van der Waals surface area contributed by atoms with E-state index in [0.717, 1.165) is 5.69 Å². The second-order valence-corrected chi connectivity index (χ2v) is 9.55. The maximum atomic E-state index is 13.1. The summed E-state index contributed by atoms with van der Waals surface area (Å²) in [6.07, 6.45) is 1.47. The molecule has 0 aliphatic heterocycles. The van der Waals surface area contributed by atoms with E-state index < -0.39 is 10.1 Å². The van der Waals surface area contributed by atoms with E-state index in [1.165, 1.54) is 48.3 Å². The lowest BCUT2D eigenvalue weighted by Crippen LogP contribution is -2.19. The Kier molecular flexibility index (Phi) is 6.81. The van der Waals surface area contributed by atoms with Gasteiger partial charge in [0.1, 0.15) is 4.90 Å². The van der Waals surface area contributed by atoms with E-state index in [2.05, 4.69) is 4.99 Å². The third kappa shape index (κ3) is 5.01. The van der Waals surface area contributed by atoms with E-state index >= 15 is 0 Å². The second kappa shape index (κ2) is 9.81. The number of aliphatic imine (C=N–C) groups is 1. The quantitative estimate of drug-likeness (QED) is 0.266. The van der Waals surface area contributed by atoms with Gasteiger partial charge in [0.2, 0.25) is 0 Å². The molecule has 35 heavy (non-hydrogen) atoms. The van der Waals surface area contributed by atoms with Gasteiger partial charge in [-0.15, -0.1) is 0 Å². The molecule has 10 heteroatoms. The predicted molar refractivity (Wildman–Crippen MR) is 135 cm³/mol. The lowest BCUT2D eigenvalue weighted by molar-refractivity contribution is 0.390. The molecule has 3 aromatic carbocycles. The minimum absolute atomic E-state index is 0.0159. The summed E-state index contributed by atoms with van der Waals surface area (Å²) in [5.41, 5.74) is 1.90. The summed E-state index contributed by atoms with van der Waals surface area (Å²) in [6.45, 7) is 1.80. The van der Waals surface area contributed by atoms with E-state index in [1.54, 1.807) is 30.8 Å². The number of rotatable bonds is 7. The molecule has 1 aromatic heterocycles. The van der Waals surface area contributed by atoms with Crippen LogP contribution in [0, 0.1) is 6.92 Å². The normalized spacial score (nSPS) is 11.7. The van der Waals surface area contributed by atoms with Gasteiger partial charge >= 0.3 is 10.1 Å². The molecule has 0 saturated heterocycles. The number of benzene rings is 3. The van der Waals surface area contributed by atoms with Gasteiger partial charge in [-0.25, -0.2) is 9.67 Å². The molecule has 0 amide bonds. The zero-order chi connectivity index (χ0) is 25.2. The van der Waals surface area contributed by atoms with Crippen LogP contribution in [0.4, 0.5) is 5.69 Å². The average molecular weight is 512 g/mol.